The fraction of sp³-hybridized carbons (Fsp3) is 0.542. The minimum Gasteiger partial charge on any atom is -0.346 e. The summed E-state index contributed by atoms with van der Waals surface area (Å²) in [5, 5.41) is 8.07. The molecule has 1 N–H and O–H groups in total. The second-order valence-electron chi connectivity index (χ2n) is 9.12. The topological polar surface area (TPSA) is 66.8 Å². The van der Waals surface area contributed by atoms with Gasteiger partial charge in [0.25, 0.3) is 0 Å². The summed E-state index contributed by atoms with van der Waals surface area (Å²) >= 11 is 0. The summed E-state index contributed by atoms with van der Waals surface area (Å²) in [6, 6.07) is 4.30. The number of hydrogen-bond donors (Lipinski definition) is 1. The molecule has 6 nitrogen and oxygen atoms in total. The van der Waals surface area contributed by atoms with Crippen LogP contribution in [-0.4, -0.2) is 43.6 Å². The van der Waals surface area contributed by atoms with Crippen LogP contribution < -0.4 is 0 Å². The minimum atomic E-state index is 0.391. The number of piperidine rings is 1. The number of nitrogens with one attached hydrogen (secondary N) is 1. The van der Waals surface area contributed by atoms with Gasteiger partial charge >= 0.3 is 0 Å². The van der Waals surface area contributed by atoms with Gasteiger partial charge in [0.1, 0.15) is 0 Å². The van der Waals surface area contributed by atoms with E-state index in [1.807, 2.05) is 12.4 Å². The normalized spacial score (nSPS) is 18.9. The number of carbonyl (C=O) groups is 1. The Kier molecular flexibility index (Phi) is 5.56. The first kappa shape index (κ1) is 19.3. The van der Waals surface area contributed by atoms with Crippen molar-refractivity contribution < 1.29 is 4.79 Å². The molecule has 2 fully saturated rings. The van der Waals surface area contributed by atoms with Crippen LogP contribution in [0.5, 0.6) is 0 Å². The van der Waals surface area contributed by atoms with Gasteiger partial charge in [0.2, 0.25) is 5.91 Å². The van der Waals surface area contributed by atoms with Gasteiger partial charge in [-0.25, -0.2) is 0 Å². The number of H-pyrrole nitrogens is 1. The van der Waals surface area contributed by atoms with Crippen molar-refractivity contribution in [3.63, 3.8) is 0 Å². The van der Waals surface area contributed by atoms with E-state index in [-0.39, 0.29) is 0 Å². The number of amides is 1. The van der Waals surface area contributed by atoms with Crippen molar-refractivity contribution in [1.29, 1.82) is 0 Å². The Labute approximate surface area is 177 Å². The van der Waals surface area contributed by atoms with Gasteiger partial charge in [-0.1, -0.05) is 19.3 Å². The molecule has 1 saturated carbocycles. The molecule has 0 radical (unpaired) electrons. The summed E-state index contributed by atoms with van der Waals surface area (Å²) in [5.74, 6) is 1.64. The monoisotopic (exact) mass is 405 g/mol. The lowest BCUT2D eigenvalue weighted by atomic mass is 9.86. The molecule has 0 atom stereocenters. The summed E-state index contributed by atoms with van der Waals surface area (Å²) in [6.45, 7) is 2.83. The van der Waals surface area contributed by atoms with Crippen LogP contribution in [-0.2, 0) is 11.3 Å². The predicted molar refractivity (Wildman–Crippen MR) is 118 cm³/mol. The molecule has 0 unspecified atom stereocenters. The van der Waals surface area contributed by atoms with E-state index in [1.54, 1.807) is 6.20 Å². The average Bonchev–Trinajstić information content (AvgIpc) is 3.45. The fourth-order valence-electron chi connectivity index (χ4n) is 5.21. The van der Waals surface area contributed by atoms with E-state index in [2.05, 4.69) is 43.0 Å². The molecule has 1 amide bonds. The van der Waals surface area contributed by atoms with Gasteiger partial charge in [-0.2, -0.15) is 5.10 Å². The van der Waals surface area contributed by atoms with Crippen molar-refractivity contribution in [2.45, 2.75) is 57.9 Å². The molecule has 4 heterocycles. The van der Waals surface area contributed by atoms with Crippen LogP contribution in [0.3, 0.4) is 0 Å². The lowest BCUT2D eigenvalue weighted by Gasteiger charge is -2.33. The van der Waals surface area contributed by atoms with Crippen molar-refractivity contribution >= 4 is 16.8 Å². The summed E-state index contributed by atoms with van der Waals surface area (Å²) in [4.78, 5) is 19.5. The summed E-state index contributed by atoms with van der Waals surface area (Å²) in [5.41, 5.74) is 3.13. The molecule has 6 heteroatoms. The lowest BCUT2D eigenvalue weighted by molar-refractivity contribution is -0.133. The first-order valence-corrected chi connectivity index (χ1v) is 11.5. The highest BCUT2D eigenvalue weighted by Gasteiger charge is 2.25. The van der Waals surface area contributed by atoms with Crippen LogP contribution >= 0.6 is 0 Å². The van der Waals surface area contributed by atoms with E-state index in [1.165, 1.54) is 43.0 Å². The van der Waals surface area contributed by atoms with Gasteiger partial charge in [0.15, 0.2) is 0 Å². The van der Waals surface area contributed by atoms with Gasteiger partial charge in [0.05, 0.1) is 23.6 Å². The van der Waals surface area contributed by atoms with E-state index < -0.39 is 0 Å². The zero-order valence-corrected chi connectivity index (χ0v) is 17.6. The molecule has 5 rings (SSSR count). The third kappa shape index (κ3) is 4.13. The van der Waals surface area contributed by atoms with Gasteiger partial charge in [-0.05, 0) is 49.7 Å². The second kappa shape index (κ2) is 8.62. The highest BCUT2D eigenvalue weighted by atomic mass is 16.2. The van der Waals surface area contributed by atoms with Crippen LogP contribution in [0.15, 0.2) is 36.9 Å². The van der Waals surface area contributed by atoms with Crippen LogP contribution in [0.2, 0.25) is 0 Å². The molecular formula is C24H31N5O. The van der Waals surface area contributed by atoms with Crippen LogP contribution in [0.4, 0.5) is 0 Å². The van der Waals surface area contributed by atoms with Crippen molar-refractivity contribution in [2.75, 3.05) is 13.1 Å². The molecule has 0 bridgehead atoms. The van der Waals surface area contributed by atoms with Crippen molar-refractivity contribution in [3.8, 4) is 11.3 Å². The van der Waals surface area contributed by atoms with E-state index in [0.717, 1.165) is 50.2 Å². The molecule has 0 aromatic carbocycles. The smallest absolute Gasteiger partial charge is 0.222 e. The third-order valence-electron chi connectivity index (χ3n) is 7.06. The SMILES string of the molecule is O=C(CC1CCCCC1)N1CCC(Cn2ccc3cc(-c4cn[nH]c4)ncc32)CC1. The van der Waals surface area contributed by atoms with Gasteiger partial charge in [-0.3, -0.25) is 14.9 Å². The van der Waals surface area contributed by atoms with Crippen molar-refractivity contribution in [1.82, 2.24) is 24.6 Å². The number of nitrogens with zero attached hydrogens (tertiary/aromatic N) is 4. The third-order valence-corrected chi connectivity index (χ3v) is 7.06. The number of aromatic nitrogens is 4. The molecule has 2 aliphatic rings. The summed E-state index contributed by atoms with van der Waals surface area (Å²) < 4.78 is 2.33. The average molecular weight is 406 g/mol. The Morgan fingerprint density at radius 2 is 1.90 bits per heavy atom. The Balaban J connectivity index is 1.17. The highest BCUT2D eigenvalue weighted by Crippen LogP contribution is 2.29. The van der Waals surface area contributed by atoms with Crippen LogP contribution in [0.25, 0.3) is 22.2 Å². The Morgan fingerprint density at radius 1 is 1.07 bits per heavy atom. The zero-order chi connectivity index (χ0) is 20.3. The number of fused-ring (bicyclic) bond motifs is 1. The molecule has 1 saturated heterocycles. The fourth-order valence-corrected chi connectivity index (χ4v) is 5.21. The van der Waals surface area contributed by atoms with Crippen molar-refractivity contribution in [3.05, 3.63) is 36.9 Å². The molecule has 0 spiro atoms. The summed E-state index contributed by atoms with van der Waals surface area (Å²) in [6.07, 6.45) is 17.2. The number of carbonyl (C=O) groups excluding carboxylic acids is 1. The van der Waals surface area contributed by atoms with E-state index >= 15 is 0 Å². The molecule has 30 heavy (non-hydrogen) atoms. The first-order chi connectivity index (χ1) is 14.8. The van der Waals surface area contributed by atoms with Gasteiger partial charge in [0, 0.05) is 49.4 Å². The highest BCUT2D eigenvalue weighted by molar-refractivity contribution is 5.83. The largest absolute Gasteiger partial charge is 0.346 e. The standard InChI is InChI=1S/C24H31N5O/c30-24(12-18-4-2-1-3-5-18)28-9-6-19(7-10-28)17-29-11-8-20-13-22(25-16-23(20)29)21-14-26-27-15-21/h8,11,13-16,18-19H,1-7,9-10,12,17H2,(H,26,27). The molecule has 158 valence electrons. The van der Waals surface area contributed by atoms with Crippen molar-refractivity contribution in [2.24, 2.45) is 11.8 Å². The summed E-state index contributed by atoms with van der Waals surface area (Å²) in [7, 11) is 0. The second-order valence-corrected chi connectivity index (χ2v) is 9.12. The maximum absolute atomic E-state index is 12.7. The van der Waals surface area contributed by atoms with E-state index in [9.17, 15) is 4.79 Å². The molecular weight excluding hydrogens is 374 g/mol. The predicted octanol–water partition coefficient (Wildman–Crippen LogP) is 4.64. The van der Waals surface area contributed by atoms with Crippen LogP contribution in [0.1, 0.15) is 51.4 Å². The molecule has 1 aliphatic carbocycles. The van der Waals surface area contributed by atoms with E-state index in [4.69, 9.17) is 0 Å². The first-order valence-electron chi connectivity index (χ1n) is 11.5. The molecule has 3 aromatic rings. The Morgan fingerprint density at radius 3 is 2.67 bits per heavy atom. The Hall–Kier alpha value is -2.63. The van der Waals surface area contributed by atoms with Crippen LogP contribution in [0, 0.1) is 11.8 Å². The minimum absolute atomic E-state index is 0.391. The van der Waals surface area contributed by atoms with Gasteiger partial charge in [-0.15, -0.1) is 0 Å². The number of pyridine rings is 1. The van der Waals surface area contributed by atoms with Gasteiger partial charge < -0.3 is 9.47 Å². The molecule has 1 aliphatic heterocycles. The zero-order valence-electron chi connectivity index (χ0n) is 17.6. The molecule has 3 aromatic heterocycles. The number of rotatable bonds is 5. The maximum Gasteiger partial charge on any atom is 0.222 e. The Bertz CT molecular complexity index is 978. The maximum atomic E-state index is 12.7. The number of hydrogen-bond acceptors (Lipinski definition) is 3. The number of likely N-dealkylation sites (tertiary alicyclic amines) is 1. The quantitative estimate of drug-likeness (QED) is 0.673. The lowest BCUT2D eigenvalue weighted by Crippen LogP contribution is -2.40. The number of aromatic amines is 1. The van der Waals surface area contributed by atoms with E-state index in [0.29, 0.717) is 17.7 Å².